The molecule has 0 radical (unpaired) electrons. The van der Waals surface area contributed by atoms with Crippen molar-refractivity contribution in [2.75, 3.05) is 25.1 Å². The maximum atomic E-state index is 9.41. The second kappa shape index (κ2) is 7.54. The van der Waals surface area contributed by atoms with Crippen LogP contribution < -0.4 is 4.90 Å². The van der Waals surface area contributed by atoms with Crippen molar-refractivity contribution in [2.24, 2.45) is 11.8 Å². The molecule has 0 aromatic heterocycles. The van der Waals surface area contributed by atoms with Crippen molar-refractivity contribution in [3.63, 3.8) is 0 Å². The first kappa shape index (κ1) is 16.0. The third-order valence-electron chi connectivity index (χ3n) is 4.20. The molecule has 1 N–H and O–H groups in total. The van der Waals surface area contributed by atoms with Gasteiger partial charge in [0.25, 0.3) is 0 Å². The first-order chi connectivity index (χ1) is 8.99. The van der Waals surface area contributed by atoms with Gasteiger partial charge >= 0.3 is 0 Å². The van der Waals surface area contributed by atoms with E-state index in [9.17, 15) is 5.11 Å². The Morgan fingerprint density at radius 1 is 1.11 bits per heavy atom. The van der Waals surface area contributed by atoms with Gasteiger partial charge < -0.3 is 10.0 Å². The van der Waals surface area contributed by atoms with Gasteiger partial charge in [0, 0.05) is 31.8 Å². The third-order valence-corrected chi connectivity index (χ3v) is 4.20. The molecule has 0 saturated carbocycles. The van der Waals surface area contributed by atoms with Crippen molar-refractivity contribution in [2.45, 2.75) is 40.0 Å². The van der Waals surface area contributed by atoms with E-state index in [0.717, 1.165) is 6.54 Å². The number of hydrogen-bond acceptors (Lipinski definition) is 2. The number of anilines is 1. The van der Waals surface area contributed by atoms with Gasteiger partial charge in [0.2, 0.25) is 0 Å². The Hall–Kier alpha value is -1.02. The molecule has 0 fully saturated rings. The first-order valence-corrected chi connectivity index (χ1v) is 7.41. The fraction of sp³-hybridized carbons (Fsp3) is 0.647. The van der Waals surface area contributed by atoms with E-state index < -0.39 is 0 Å². The fourth-order valence-electron chi connectivity index (χ4n) is 2.23. The van der Waals surface area contributed by atoms with Crippen LogP contribution >= 0.6 is 0 Å². The summed E-state index contributed by atoms with van der Waals surface area (Å²) in [7, 11) is 2.10. The zero-order valence-corrected chi connectivity index (χ0v) is 13.1. The van der Waals surface area contributed by atoms with Crippen molar-refractivity contribution in [3.8, 4) is 0 Å². The van der Waals surface area contributed by atoms with Gasteiger partial charge in [-0.05, 0) is 36.0 Å². The van der Waals surface area contributed by atoms with Gasteiger partial charge in [-0.1, -0.05) is 39.8 Å². The molecule has 2 heteroatoms. The number of rotatable bonds is 7. The van der Waals surface area contributed by atoms with Crippen LogP contribution in [0.15, 0.2) is 24.3 Å². The number of aliphatic hydroxyl groups excluding tert-OH is 1. The van der Waals surface area contributed by atoms with Crippen LogP contribution in [0, 0.1) is 11.8 Å². The highest BCUT2D eigenvalue weighted by Crippen LogP contribution is 2.23. The summed E-state index contributed by atoms with van der Waals surface area (Å²) in [4.78, 5) is 2.24. The molecule has 19 heavy (non-hydrogen) atoms. The minimum Gasteiger partial charge on any atom is -0.396 e. The summed E-state index contributed by atoms with van der Waals surface area (Å²) in [5, 5.41) is 9.41. The summed E-state index contributed by atoms with van der Waals surface area (Å²) in [5.74, 6) is 1.46. The molecule has 0 aliphatic heterocycles. The van der Waals surface area contributed by atoms with E-state index in [1.165, 1.54) is 17.7 Å². The lowest BCUT2D eigenvalue weighted by molar-refractivity contribution is 0.193. The highest BCUT2D eigenvalue weighted by Gasteiger charge is 2.15. The van der Waals surface area contributed by atoms with Gasteiger partial charge in [0.05, 0.1) is 0 Å². The maximum Gasteiger partial charge on any atom is 0.0478 e. The molecule has 108 valence electrons. The van der Waals surface area contributed by atoms with Crippen LogP contribution in [0.2, 0.25) is 0 Å². The zero-order valence-electron chi connectivity index (χ0n) is 13.1. The predicted molar refractivity (Wildman–Crippen MR) is 83.8 cm³/mol. The molecule has 0 bridgehead atoms. The molecular weight excluding hydrogens is 234 g/mol. The topological polar surface area (TPSA) is 23.5 Å². The average Bonchev–Trinajstić information content (AvgIpc) is 2.43. The Kier molecular flexibility index (Phi) is 6.36. The van der Waals surface area contributed by atoms with Crippen molar-refractivity contribution in [3.05, 3.63) is 29.8 Å². The van der Waals surface area contributed by atoms with Crippen molar-refractivity contribution in [1.29, 1.82) is 0 Å². The van der Waals surface area contributed by atoms with Gasteiger partial charge in [-0.2, -0.15) is 0 Å². The molecule has 1 aromatic rings. The van der Waals surface area contributed by atoms with Crippen LogP contribution in [-0.2, 0) is 0 Å². The second-order valence-corrected chi connectivity index (χ2v) is 5.97. The number of hydrogen-bond donors (Lipinski definition) is 1. The van der Waals surface area contributed by atoms with E-state index in [2.05, 4.69) is 63.9 Å². The standard InChI is InChI=1S/C17H29NO/c1-6-14(4)15-7-9-17(10-8-15)18(5)11-16(12-19)13(2)3/h7-10,13-14,16,19H,6,11-12H2,1-5H3. The van der Waals surface area contributed by atoms with E-state index in [0.29, 0.717) is 17.8 Å². The van der Waals surface area contributed by atoms with Crippen LogP contribution in [0.25, 0.3) is 0 Å². The van der Waals surface area contributed by atoms with Crippen LogP contribution in [0.4, 0.5) is 5.69 Å². The molecular formula is C17H29NO. The Bertz CT molecular complexity index is 358. The molecule has 2 unspecified atom stereocenters. The van der Waals surface area contributed by atoms with Crippen LogP contribution in [0.5, 0.6) is 0 Å². The van der Waals surface area contributed by atoms with E-state index in [-0.39, 0.29) is 6.61 Å². The fourth-order valence-corrected chi connectivity index (χ4v) is 2.23. The van der Waals surface area contributed by atoms with Crippen molar-refractivity contribution in [1.82, 2.24) is 0 Å². The Morgan fingerprint density at radius 2 is 1.68 bits per heavy atom. The largest absolute Gasteiger partial charge is 0.396 e. The molecule has 1 rings (SSSR count). The van der Waals surface area contributed by atoms with E-state index in [4.69, 9.17) is 0 Å². The highest BCUT2D eigenvalue weighted by molar-refractivity contribution is 5.47. The lowest BCUT2D eigenvalue weighted by atomic mass is 9.95. The molecule has 0 heterocycles. The lowest BCUT2D eigenvalue weighted by Gasteiger charge is -2.27. The quantitative estimate of drug-likeness (QED) is 0.806. The highest BCUT2D eigenvalue weighted by atomic mass is 16.3. The summed E-state index contributed by atoms with van der Waals surface area (Å²) in [5.41, 5.74) is 2.63. The monoisotopic (exact) mass is 263 g/mol. The lowest BCUT2D eigenvalue weighted by Crippen LogP contribution is -2.30. The van der Waals surface area contributed by atoms with Crippen molar-refractivity contribution >= 4 is 5.69 Å². The molecule has 0 spiro atoms. The third kappa shape index (κ3) is 4.54. The Labute approximate surface area is 118 Å². The van der Waals surface area contributed by atoms with E-state index in [1.807, 2.05) is 0 Å². The summed E-state index contributed by atoms with van der Waals surface area (Å²) >= 11 is 0. The summed E-state index contributed by atoms with van der Waals surface area (Å²) in [6.07, 6.45) is 1.18. The maximum absolute atomic E-state index is 9.41. The second-order valence-electron chi connectivity index (χ2n) is 5.97. The zero-order chi connectivity index (χ0) is 14.4. The van der Waals surface area contributed by atoms with Gasteiger partial charge in [-0.15, -0.1) is 0 Å². The smallest absolute Gasteiger partial charge is 0.0478 e. The van der Waals surface area contributed by atoms with Gasteiger partial charge in [-0.25, -0.2) is 0 Å². The van der Waals surface area contributed by atoms with E-state index in [1.54, 1.807) is 0 Å². The summed E-state index contributed by atoms with van der Waals surface area (Å²) in [6.45, 7) is 9.98. The van der Waals surface area contributed by atoms with Gasteiger partial charge in [0.1, 0.15) is 0 Å². The number of benzene rings is 1. The summed E-state index contributed by atoms with van der Waals surface area (Å²) < 4.78 is 0. The number of nitrogens with zero attached hydrogens (tertiary/aromatic N) is 1. The molecule has 1 aromatic carbocycles. The van der Waals surface area contributed by atoms with Crippen LogP contribution in [0.3, 0.4) is 0 Å². The molecule has 0 aliphatic carbocycles. The Morgan fingerprint density at radius 3 is 2.11 bits per heavy atom. The number of aliphatic hydroxyl groups is 1. The predicted octanol–water partition coefficient (Wildman–Crippen LogP) is 3.90. The normalized spacial score (nSPS) is 14.5. The van der Waals surface area contributed by atoms with Crippen LogP contribution in [0.1, 0.15) is 45.6 Å². The average molecular weight is 263 g/mol. The molecule has 0 saturated heterocycles. The Balaban J connectivity index is 2.69. The first-order valence-electron chi connectivity index (χ1n) is 7.41. The molecule has 0 amide bonds. The van der Waals surface area contributed by atoms with Crippen molar-refractivity contribution < 1.29 is 5.11 Å². The molecule has 0 aliphatic rings. The summed E-state index contributed by atoms with van der Waals surface area (Å²) in [6, 6.07) is 8.83. The van der Waals surface area contributed by atoms with Crippen LogP contribution in [-0.4, -0.2) is 25.3 Å². The minimum absolute atomic E-state index is 0.257. The molecule has 2 atom stereocenters. The minimum atomic E-state index is 0.257. The SMILES string of the molecule is CCC(C)c1ccc(N(C)CC(CO)C(C)C)cc1. The van der Waals surface area contributed by atoms with Gasteiger partial charge in [0.15, 0.2) is 0 Å². The molecule has 2 nitrogen and oxygen atoms in total. The van der Waals surface area contributed by atoms with E-state index >= 15 is 0 Å². The van der Waals surface area contributed by atoms with Gasteiger partial charge in [-0.3, -0.25) is 0 Å².